The summed E-state index contributed by atoms with van der Waals surface area (Å²) in [6.07, 6.45) is 8.91. The molecular weight excluding hydrogens is 459 g/mol. The number of benzene rings is 1. The number of amides is 1. The Balaban J connectivity index is 1.52. The van der Waals surface area contributed by atoms with Crippen LogP contribution in [0.4, 0.5) is 10.2 Å². The van der Waals surface area contributed by atoms with Crippen molar-refractivity contribution in [2.75, 3.05) is 33.9 Å². The molecule has 1 N–H and O–H groups in total. The van der Waals surface area contributed by atoms with Crippen molar-refractivity contribution in [3.05, 3.63) is 64.6 Å². The number of halogens is 1. The lowest BCUT2D eigenvalue weighted by Crippen LogP contribution is -2.53. The number of aliphatic imine (C=N–C) groups is 1. The third kappa shape index (κ3) is 5.82. The van der Waals surface area contributed by atoms with Gasteiger partial charge in [-0.1, -0.05) is 19.1 Å². The lowest BCUT2D eigenvalue weighted by atomic mass is 10.0. The number of ether oxygens (including phenoxy) is 2. The molecule has 2 aromatic rings. The largest absolute Gasteiger partial charge is 0.494 e. The van der Waals surface area contributed by atoms with Crippen LogP contribution in [-0.2, 0) is 24.0 Å². The number of nitrogens with one attached hydrogen (secondary N) is 1. The first-order chi connectivity index (χ1) is 17.4. The number of nitrogens with zero attached hydrogens (tertiary/aromatic N) is 3. The highest BCUT2D eigenvalue weighted by molar-refractivity contribution is 5.98. The quantitative estimate of drug-likeness (QED) is 0.599. The first-order valence-electron chi connectivity index (χ1n) is 12.6. The molecule has 0 spiro atoms. The molecule has 36 heavy (non-hydrogen) atoms. The normalized spacial score (nSPS) is 19.7. The summed E-state index contributed by atoms with van der Waals surface area (Å²) < 4.78 is 25.4. The van der Waals surface area contributed by atoms with E-state index >= 15 is 0 Å². The Kier molecular flexibility index (Phi) is 8.48. The maximum absolute atomic E-state index is 14.9. The molecule has 1 aromatic heterocycles. The third-order valence-corrected chi connectivity index (χ3v) is 6.92. The number of hydrogen-bond donors (Lipinski definition) is 1. The standard InChI is InChI=1S/C28H35FN4O3/c1-5-20-11-19(9-10-21-12-22(28(34)30-3)13-25(35-4)26(21)29)14-31-27(20)32-23-8-6-7-18(2)33(15-23)24-16-36-17-24/h6,8,11-14,18,24H,5,7,9-10,15-17H2,1-4H3,(H,30,34). The van der Waals surface area contributed by atoms with Gasteiger partial charge in [0.25, 0.3) is 5.91 Å². The molecule has 2 aliphatic heterocycles. The summed E-state index contributed by atoms with van der Waals surface area (Å²) in [5.74, 6) is 0.0820. The molecule has 3 heterocycles. The van der Waals surface area contributed by atoms with Gasteiger partial charge < -0.3 is 14.8 Å². The molecule has 1 unspecified atom stereocenters. The summed E-state index contributed by atoms with van der Waals surface area (Å²) in [6.45, 7) is 6.68. The number of aromatic nitrogens is 1. The van der Waals surface area contributed by atoms with Crippen LogP contribution in [0.5, 0.6) is 5.75 Å². The average molecular weight is 495 g/mol. The van der Waals surface area contributed by atoms with Gasteiger partial charge in [-0.2, -0.15) is 0 Å². The van der Waals surface area contributed by atoms with Crippen molar-refractivity contribution in [1.82, 2.24) is 15.2 Å². The molecule has 0 aliphatic carbocycles. The monoisotopic (exact) mass is 494 g/mol. The highest BCUT2D eigenvalue weighted by Crippen LogP contribution is 2.26. The Labute approximate surface area is 212 Å². The van der Waals surface area contributed by atoms with E-state index < -0.39 is 5.82 Å². The van der Waals surface area contributed by atoms with Gasteiger partial charge in [-0.25, -0.2) is 14.4 Å². The van der Waals surface area contributed by atoms with Crippen molar-refractivity contribution in [3.63, 3.8) is 0 Å². The zero-order chi connectivity index (χ0) is 25.7. The van der Waals surface area contributed by atoms with Crippen molar-refractivity contribution in [2.24, 2.45) is 4.99 Å². The molecular formula is C28H35FN4O3. The second-order valence-electron chi connectivity index (χ2n) is 9.36. The molecule has 1 saturated heterocycles. The van der Waals surface area contributed by atoms with Gasteiger partial charge in [0.2, 0.25) is 0 Å². The van der Waals surface area contributed by atoms with Gasteiger partial charge in [0, 0.05) is 31.4 Å². The number of carbonyl (C=O) groups is 1. The maximum Gasteiger partial charge on any atom is 0.251 e. The zero-order valence-corrected chi connectivity index (χ0v) is 21.5. The van der Waals surface area contributed by atoms with Crippen LogP contribution in [0, 0.1) is 5.82 Å². The fraction of sp³-hybridized carbons (Fsp3) is 0.464. The summed E-state index contributed by atoms with van der Waals surface area (Å²) >= 11 is 0. The van der Waals surface area contributed by atoms with Crippen molar-refractivity contribution >= 4 is 17.4 Å². The van der Waals surface area contributed by atoms with Gasteiger partial charge in [-0.05, 0) is 67.5 Å². The smallest absolute Gasteiger partial charge is 0.251 e. The molecule has 7 nitrogen and oxygen atoms in total. The number of pyridine rings is 1. The van der Waals surface area contributed by atoms with E-state index in [4.69, 9.17) is 14.5 Å². The first-order valence-corrected chi connectivity index (χ1v) is 12.6. The number of rotatable bonds is 8. The Bertz CT molecular complexity index is 1160. The Morgan fingerprint density at radius 2 is 2.08 bits per heavy atom. The lowest BCUT2D eigenvalue weighted by Gasteiger charge is -2.40. The minimum Gasteiger partial charge on any atom is -0.494 e. The van der Waals surface area contributed by atoms with E-state index in [1.807, 2.05) is 6.20 Å². The van der Waals surface area contributed by atoms with E-state index in [0.29, 0.717) is 36.1 Å². The van der Waals surface area contributed by atoms with E-state index in [1.165, 1.54) is 13.2 Å². The molecule has 0 radical (unpaired) electrons. The van der Waals surface area contributed by atoms with Crippen LogP contribution in [-0.4, -0.2) is 67.5 Å². The van der Waals surface area contributed by atoms with Crippen LogP contribution >= 0.6 is 0 Å². The predicted octanol–water partition coefficient (Wildman–Crippen LogP) is 4.06. The van der Waals surface area contributed by atoms with Crippen molar-refractivity contribution < 1.29 is 18.7 Å². The molecule has 0 saturated carbocycles. The summed E-state index contributed by atoms with van der Waals surface area (Å²) in [5.41, 5.74) is 3.87. The second-order valence-corrected chi connectivity index (χ2v) is 9.36. The molecule has 0 bridgehead atoms. The Hall–Kier alpha value is -3.10. The molecule has 1 amide bonds. The summed E-state index contributed by atoms with van der Waals surface area (Å²) in [7, 11) is 2.95. The number of aryl methyl sites for hydroxylation is 3. The topological polar surface area (TPSA) is 76.0 Å². The fourth-order valence-electron chi connectivity index (χ4n) is 4.63. The molecule has 2 aliphatic rings. The van der Waals surface area contributed by atoms with Crippen LogP contribution in [0.2, 0.25) is 0 Å². The Morgan fingerprint density at radius 3 is 2.75 bits per heavy atom. The Morgan fingerprint density at radius 1 is 1.28 bits per heavy atom. The maximum atomic E-state index is 14.9. The van der Waals surface area contributed by atoms with Gasteiger partial charge in [0.05, 0.1) is 32.1 Å². The van der Waals surface area contributed by atoms with Crippen LogP contribution in [0.1, 0.15) is 47.3 Å². The molecule has 192 valence electrons. The lowest BCUT2D eigenvalue weighted by molar-refractivity contribution is -0.0707. The highest BCUT2D eigenvalue weighted by atomic mass is 19.1. The van der Waals surface area contributed by atoms with Crippen LogP contribution in [0.15, 0.2) is 41.5 Å². The van der Waals surface area contributed by atoms with E-state index in [1.54, 1.807) is 13.1 Å². The third-order valence-electron chi connectivity index (χ3n) is 6.92. The fourth-order valence-corrected chi connectivity index (χ4v) is 4.63. The molecule has 4 rings (SSSR count). The minimum absolute atomic E-state index is 0.0675. The van der Waals surface area contributed by atoms with Crippen molar-refractivity contribution in [3.8, 4) is 5.75 Å². The van der Waals surface area contributed by atoms with E-state index in [9.17, 15) is 9.18 Å². The van der Waals surface area contributed by atoms with Crippen LogP contribution < -0.4 is 10.1 Å². The van der Waals surface area contributed by atoms with E-state index in [-0.39, 0.29) is 11.7 Å². The van der Waals surface area contributed by atoms with Crippen molar-refractivity contribution in [2.45, 2.75) is 51.6 Å². The minimum atomic E-state index is -0.437. The second kappa shape index (κ2) is 11.8. The first kappa shape index (κ1) is 26.0. The van der Waals surface area contributed by atoms with Gasteiger partial charge in [0.15, 0.2) is 17.4 Å². The van der Waals surface area contributed by atoms with Crippen molar-refractivity contribution in [1.29, 1.82) is 0 Å². The van der Waals surface area contributed by atoms with Gasteiger partial charge >= 0.3 is 0 Å². The summed E-state index contributed by atoms with van der Waals surface area (Å²) in [5, 5.41) is 2.58. The number of carbonyl (C=O) groups excluding carboxylic acids is 1. The summed E-state index contributed by atoms with van der Waals surface area (Å²) in [6, 6.07) is 6.01. The van der Waals surface area contributed by atoms with E-state index in [0.717, 1.165) is 55.3 Å². The number of hydrogen-bond acceptors (Lipinski definition) is 6. The average Bonchev–Trinajstić information content (AvgIpc) is 3.03. The molecule has 1 atom stereocenters. The molecule has 1 aromatic carbocycles. The molecule has 1 fully saturated rings. The van der Waals surface area contributed by atoms with Crippen LogP contribution in [0.25, 0.3) is 0 Å². The van der Waals surface area contributed by atoms with Gasteiger partial charge in [-0.3, -0.25) is 9.69 Å². The zero-order valence-electron chi connectivity index (χ0n) is 21.5. The number of methoxy groups -OCH3 is 1. The SMILES string of the molecule is CCc1cc(CCc2cc(C(=O)NC)cc(OC)c2F)cnc1N=C1C=CCC(C)N(C2COC2)C1. The van der Waals surface area contributed by atoms with E-state index in [2.05, 4.69) is 47.3 Å². The van der Waals surface area contributed by atoms with Crippen LogP contribution in [0.3, 0.4) is 0 Å². The highest BCUT2D eigenvalue weighted by Gasteiger charge is 2.30. The predicted molar refractivity (Wildman–Crippen MR) is 139 cm³/mol. The van der Waals surface area contributed by atoms with Gasteiger partial charge in [0.1, 0.15) is 0 Å². The van der Waals surface area contributed by atoms with Gasteiger partial charge in [-0.15, -0.1) is 0 Å². The summed E-state index contributed by atoms with van der Waals surface area (Å²) in [4.78, 5) is 24.2. The molecule has 8 heteroatoms.